The Morgan fingerprint density at radius 1 is 1.41 bits per heavy atom. The van der Waals surface area contributed by atoms with Gasteiger partial charge < -0.3 is 14.2 Å². The number of thiazole rings is 1. The Morgan fingerprint density at radius 2 is 2.23 bits per heavy atom. The fraction of sp³-hybridized carbons (Fsp3) is 0.267. The summed E-state index contributed by atoms with van der Waals surface area (Å²) in [4.78, 5) is 27.4. The van der Waals surface area contributed by atoms with E-state index in [1.165, 1.54) is 24.6 Å². The van der Waals surface area contributed by atoms with Crippen LogP contribution in [0.4, 0.5) is 0 Å². The minimum Gasteiger partial charge on any atom is -0.467 e. The first-order chi connectivity index (χ1) is 10.7. The average Bonchev–Trinajstić information content (AvgIpc) is 3.03. The van der Waals surface area contributed by atoms with Crippen LogP contribution in [0.1, 0.15) is 27.0 Å². The predicted octanol–water partition coefficient (Wildman–Crippen LogP) is 2.78. The molecular weight excluding hydrogens is 306 g/mol. The van der Waals surface area contributed by atoms with Crippen molar-refractivity contribution in [2.24, 2.45) is 0 Å². The van der Waals surface area contributed by atoms with E-state index in [1.54, 1.807) is 25.1 Å². The monoisotopic (exact) mass is 321 g/mol. The third-order valence-corrected chi connectivity index (χ3v) is 3.72. The molecule has 0 fully saturated rings. The summed E-state index contributed by atoms with van der Waals surface area (Å²) in [6.45, 7) is 2.12. The zero-order valence-electron chi connectivity index (χ0n) is 12.2. The van der Waals surface area contributed by atoms with Crippen LogP contribution in [-0.4, -0.2) is 37.7 Å². The summed E-state index contributed by atoms with van der Waals surface area (Å²) < 4.78 is 15.0. The second kappa shape index (κ2) is 7.67. The molecule has 0 atom stereocenters. The summed E-state index contributed by atoms with van der Waals surface area (Å²) in [6.07, 6.45) is 2.17. The van der Waals surface area contributed by atoms with Crippen molar-refractivity contribution in [2.45, 2.75) is 6.92 Å². The number of hydrogen-bond donors (Lipinski definition) is 0. The van der Waals surface area contributed by atoms with Crippen LogP contribution in [0.3, 0.4) is 0 Å². The highest BCUT2D eigenvalue weighted by molar-refractivity contribution is 7.16. The topological polar surface area (TPSA) is 74.7 Å². The van der Waals surface area contributed by atoms with Crippen molar-refractivity contribution in [3.05, 3.63) is 34.8 Å². The number of esters is 1. The van der Waals surface area contributed by atoms with Crippen molar-refractivity contribution in [1.29, 1.82) is 0 Å². The predicted molar refractivity (Wildman–Crippen MR) is 81.4 cm³/mol. The van der Waals surface area contributed by atoms with Gasteiger partial charge in [-0.15, -0.1) is 11.3 Å². The van der Waals surface area contributed by atoms with Crippen molar-refractivity contribution >= 4 is 23.6 Å². The summed E-state index contributed by atoms with van der Waals surface area (Å²) in [5, 5.41) is 0.629. The van der Waals surface area contributed by atoms with Gasteiger partial charge in [0.05, 0.1) is 18.4 Å². The van der Waals surface area contributed by atoms with Gasteiger partial charge in [-0.05, 0) is 25.1 Å². The van der Waals surface area contributed by atoms with Crippen LogP contribution in [0.2, 0.25) is 0 Å². The quantitative estimate of drug-likeness (QED) is 0.443. The van der Waals surface area contributed by atoms with Crippen LogP contribution in [-0.2, 0) is 9.47 Å². The minimum absolute atomic E-state index is 0.0600. The Morgan fingerprint density at radius 3 is 2.91 bits per heavy atom. The van der Waals surface area contributed by atoms with Crippen molar-refractivity contribution in [3.63, 3.8) is 0 Å². The smallest absolute Gasteiger partial charge is 0.349 e. The van der Waals surface area contributed by atoms with E-state index < -0.39 is 5.97 Å². The lowest BCUT2D eigenvalue weighted by atomic mass is 10.1. The molecule has 0 aliphatic rings. The first-order valence-corrected chi connectivity index (χ1v) is 7.35. The third-order valence-electron chi connectivity index (χ3n) is 2.70. The summed E-state index contributed by atoms with van der Waals surface area (Å²) in [6, 6.07) is 5.10. The maximum absolute atomic E-state index is 11.6. The van der Waals surface area contributed by atoms with Crippen LogP contribution < -0.4 is 4.74 Å². The molecule has 1 heterocycles. The molecule has 0 saturated heterocycles. The molecule has 0 spiro atoms. The largest absolute Gasteiger partial charge is 0.467 e. The zero-order valence-corrected chi connectivity index (χ0v) is 13.0. The number of benzene rings is 1. The number of nitrogens with zero attached hydrogens (tertiary/aromatic N) is 1. The van der Waals surface area contributed by atoms with Gasteiger partial charge in [-0.3, -0.25) is 4.79 Å². The maximum Gasteiger partial charge on any atom is 0.349 e. The molecule has 0 bridgehead atoms. The number of methoxy groups -OCH3 is 1. The molecule has 116 valence electrons. The summed E-state index contributed by atoms with van der Waals surface area (Å²) in [7, 11) is 1.50. The number of carbonyl (C=O) groups excluding carboxylic acids is 2. The molecule has 0 amide bonds. The number of carbonyl (C=O) groups is 2. The van der Waals surface area contributed by atoms with Gasteiger partial charge in [0, 0.05) is 12.7 Å². The molecule has 1 aromatic heterocycles. The van der Waals surface area contributed by atoms with Gasteiger partial charge in [-0.2, -0.15) is 0 Å². The number of aldehydes is 1. The first kappa shape index (κ1) is 16.1. The minimum atomic E-state index is -0.401. The van der Waals surface area contributed by atoms with E-state index in [-0.39, 0.29) is 6.79 Å². The fourth-order valence-corrected chi connectivity index (χ4v) is 2.54. The summed E-state index contributed by atoms with van der Waals surface area (Å²) in [5.41, 5.74) is 1.12. The number of rotatable bonds is 7. The van der Waals surface area contributed by atoms with Crippen LogP contribution in [0.25, 0.3) is 10.6 Å². The molecule has 1 aromatic carbocycles. The van der Waals surface area contributed by atoms with Gasteiger partial charge in [0.1, 0.15) is 15.6 Å². The summed E-state index contributed by atoms with van der Waals surface area (Å²) >= 11 is 1.21. The lowest BCUT2D eigenvalue weighted by molar-refractivity contribution is 0.0504. The molecule has 7 heteroatoms. The first-order valence-electron chi connectivity index (χ1n) is 6.53. The van der Waals surface area contributed by atoms with Gasteiger partial charge in [0.25, 0.3) is 0 Å². The molecule has 0 radical (unpaired) electrons. The van der Waals surface area contributed by atoms with Crippen molar-refractivity contribution in [1.82, 2.24) is 4.98 Å². The van der Waals surface area contributed by atoms with E-state index in [4.69, 9.17) is 14.2 Å². The SMILES string of the molecule is CCOC(=O)c1cnc(-c2ccc(OCOC)c(C=O)c2)s1. The van der Waals surface area contributed by atoms with Crippen molar-refractivity contribution in [2.75, 3.05) is 20.5 Å². The third kappa shape index (κ3) is 3.69. The lowest BCUT2D eigenvalue weighted by Gasteiger charge is -2.08. The van der Waals surface area contributed by atoms with Crippen molar-refractivity contribution < 1.29 is 23.8 Å². The fourth-order valence-electron chi connectivity index (χ4n) is 1.73. The number of ether oxygens (including phenoxy) is 3. The van der Waals surface area contributed by atoms with E-state index in [9.17, 15) is 9.59 Å². The number of hydrogen-bond acceptors (Lipinski definition) is 7. The molecule has 2 rings (SSSR count). The average molecular weight is 321 g/mol. The molecular formula is C15H15NO5S. The van der Waals surface area contributed by atoms with Gasteiger partial charge >= 0.3 is 5.97 Å². The van der Waals surface area contributed by atoms with Crippen LogP contribution in [0.15, 0.2) is 24.4 Å². The molecule has 0 aliphatic carbocycles. The van der Waals surface area contributed by atoms with Gasteiger partial charge in [0.2, 0.25) is 0 Å². The Kier molecular flexibility index (Phi) is 5.62. The molecule has 0 N–H and O–H groups in total. The number of aromatic nitrogens is 1. The molecule has 2 aromatic rings. The molecule has 0 aliphatic heterocycles. The Hall–Kier alpha value is -2.25. The van der Waals surface area contributed by atoms with Gasteiger partial charge in [-0.25, -0.2) is 9.78 Å². The molecule has 0 unspecified atom stereocenters. The Labute approximate surface area is 131 Å². The van der Waals surface area contributed by atoms with E-state index in [0.717, 1.165) is 5.56 Å². The van der Waals surface area contributed by atoms with E-state index in [2.05, 4.69) is 4.98 Å². The van der Waals surface area contributed by atoms with E-state index in [1.807, 2.05) is 0 Å². The highest BCUT2D eigenvalue weighted by atomic mass is 32.1. The summed E-state index contributed by atoms with van der Waals surface area (Å²) in [5.74, 6) is 0.0321. The Balaban J connectivity index is 2.25. The van der Waals surface area contributed by atoms with Crippen LogP contribution in [0, 0.1) is 0 Å². The van der Waals surface area contributed by atoms with Gasteiger partial charge in [-0.1, -0.05) is 0 Å². The maximum atomic E-state index is 11.6. The van der Waals surface area contributed by atoms with E-state index >= 15 is 0 Å². The molecule has 22 heavy (non-hydrogen) atoms. The highest BCUT2D eigenvalue weighted by Gasteiger charge is 2.14. The second-order valence-electron chi connectivity index (χ2n) is 4.17. The normalized spacial score (nSPS) is 10.3. The van der Waals surface area contributed by atoms with Gasteiger partial charge in [0.15, 0.2) is 13.1 Å². The van der Waals surface area contributed by atoms with Crippen LogP contribution in [0.5, 0.6) is 5.75 Å². The highest BCUT2D eigenvalue weighted by Crippen LogP contribution is 2.29. The standard InChI is InChI=1S/C15H15NO5S/c1-3-20-15(18)13-7-16-14(22-13)10-4-5-12(21-9-19-2)11(6-10)8-17/h4-8H,3,9H2,1-2H3. The molecule has 6 nitrogen and oxygen atoms in total. The Bertz CT molecular complexity index is 668. The zero-order chi connectivity index (χ0) is 15.9. The lowest BCUT2D eigenvalue weighted by Crippen LogP contribution is -2.01. The second-order valence-corrected chi connectivity index (χ2v) is 5.20. The molecule has 0 saturated carbocycles. The van der Waals surface area contributed by atoms with Crippen LogP contribution >= 0.6 is 11.3 Å². The van der Waals surface area contributed by atoms with Crippen molar-refractivity contribution in [3.8, 4) is 16.3 Å². The van der Waals surface area contributed by atoms with E-state index in [0.29, 0.717) is 34.1 Å².